The number of hydrogen-bond donors (Lipinski definition) is 1. The second kappa shape index (κ2) is 7.32. The van der Waals surface area contributed by atoms with Gasteiger partial charge in [0, 0.05) is 17.4 Å². The second-order valence-corrected chi connectivity index (χ2v) is 5.94. The zero-order valence-electron chi connectivity index (χ0n) is 15.2. The molecule has 3 aromatic rings. The molecule has 0 aliphatic rings. The summed E-state index contributed by atoms with van der Waals surface area (Å²) in [7, 11) is 0. The number of rotatable bonds is 5. The van der Waals surface area contributed by atoms with Gasteiger partial charge in [-0.15, -0.1) is 0 Å². The second-order valence-electron chi connectivity index (χ2n) is 5.94. The number of carbonyl (C=O) groups is 1. The average Bonchev–Trinajstić information content (AvgIpc) is 2.94. The van der Waals surface area contributed by atoms with Crippen LogP contribution in [0.15, 0.2) is 42.5 Å². The molecule has 1 N–H and O–H groups in total. The van der Waals surface area contributed by atoms with E-state index in [4.69, 9.17) is 4.74 Å². The molecule has 1 heterocycles. The van der Waals surface area contributed by atoms with Gasteiger partial charge in [-0.1, -0.05) is 12.1 Å². The number of anilines is 1. The zero-order valence-corrected chi connectivity index (χ0v) is 15.2. The summed E-state index contributed by atoms with van der Waals surface area (Å²) in [5.41, 5.74) is 3.45. The molecule has 0 saturated carbocycles. The van der Waals surface area contributed by atoms with Gasteiger partial charge in [0.2, 0.25) is 0 Å². The molecule has 3 rings (SSSR count). The molecule has 0 saturated heterocycles. The lowest BCUT2D eigenvalue weighted by Gasteiger charge is -2.11. The van der Waals surface area contributed by atoms with Crippen molar-refractivity contribution in [2.45, 2.75) is 27.3 Å². The number of nitrogens with one attached hydrogen (secondary N) is 1. The van der Waals surface area contributed by atoms with Gasteiger partial charge in [0.1, 0.15) is 17.5 Å². The molecule has 0 spiro atoms. The fraction of sp³-hybridized carbons (Fsp3) is 0.238. The van der Waals surface area contributed by atoms with E-state index in [-0.39, 0.29) is 5.91 Å². The minimum absolute atomic E-state index is 0.221. The van der Waals surface area contributed by atoms with Crippen LogP contribution in [0.3, 0.4) is 0 Å². The number of amides is 1. The first-order valence-electron chi connectivity index (χ1n) is 8.66. The third-order valence-electron chi connectivity index (χ3n) is 4.43. The summed E-state index contributed by atoms with van der Waals surface area (Å²) in [6.07, 6.45) is 0. The van der Waals surface area contributed by atoms with Gasteiger partial charge < -0.3 is 14.6 Å². The van der Waals surface area contributed by atoms with E-state index in [9.17, 15) is 10.1 Å². The number of aromatic nitrogens is 1. The van der Waals surface area contributed by atoms with Crippen molar-refractivity contribution in [3.05, 3.63) is 59.3 Å². The molecule has 26 heavy (non-hydrogen) atoms. The highest BCUT2D eigenvalue weighted by molar-refractivity contribution is 6.09. The van der Waals surface area contributed by atoms with E-state index in [0.717, 1.165) is 22.2 Å². The van der Waals surface area contributed by atoms with Crippen LogP contribution in [0.25, 0.3) is 10.9 Å². The first-order valence-corrected chi connectivity index (χ1v) is 8.66. The van der Waals surface area contributed by atoms with Crippen molar-refractivity contribution in [1.29, 1.82) is 5.26 Å². The van der Waals surface area contributed by atoms with Crippen molar-refractivity contribution in [1.82, 2.24) is 4.57 Å². The number of benzene rings is 2. The number of nitrogens with zero attached hydrogens (tertiary/aromatic N) is 2. The topological polar surface area (TPSA) is 67.0 Å². The summed E-state index contributed by atoms with van der Waals surface area (Å²) in [6.45, 7) is 7.16. The third kappa shape index (κ3) is 3.02. The standard InChI is InChI=1S/C21H21N3O2/c1-4-24-19-11-10-16(26-5-2)12-17(19)14(3)20(24)21(25)23-18-9-7-6-8-15(18)13-22/h6-12H,4-5H2,1-3H3,(H,23,25). The van der Waals surface area contributed by atoms with Gasteiger partial charge in [0.05, 0.1) is 17.9 Å². The van der Waals surface area contributed by atoms with Crippen molar-refractivity contribution < 1.29 is 9.53 Å². The Kier molecular flexibility index (Phi) is 4.94. The maximum absolute atomic E-state index is 13.0. The van der Waals surface area contributed by atoms with Gasteiger partial charge >= 0.3 is 0 Å². The minimum atomic E-state index is -0.221. The Morgan fingerprint density at radius 2 is 2.00 bits per heavy atom. The average molecular weight is 347 g/mol. The van der Waals surface area contributed by atoms with E-state index in [0.29, 0.717) is 30.1 Å². The Labute approximate surface area is 152 Å². The predicted molar refractivity (Wildman–Crippen MR) is 103 cm³/mol. The number of aryl methyl sites for hydroxylation is 2. The van der Waals surface area contributed by atoms with Crippen molar-refractivity contribution in [2.24, 2.45) is 0 Å². The van der Waals surface area contributed by atoms with Crippen LogP contribution >= 0.6 is 0 Å². The van der Waals surface area contributed by atoms with E-state index in [1.165, 1.54) is 0 Å². The number of hydrogen-bond acceptors (Lipinski definition) is 3. The minimum Gasteiger partial charge on any atom is -0.494 e. The number of ether oxygens (including phenoxy) is 1. The first-order chi connectivity index (χ1) is 12.6. The normalized spacial score (nSPS) is 10.5. The lowest BCUT2D eigenvalue weighted by molar-refractivity contribution is 0.101. The van der Waals surface area contributed by atoms with Gasteiger partial charge in [-0.2, -0.15) is 5.26 Å². The van der Waals surface area contributed by atoms with Crippen molar-refractivity contribution in [3.8, 4) is 11.8 Å². The number of para-hydroxylation sites is 1. The van der Waals surface area contributed by atoms with Crippen LogP contribution in [0.4, 0.5) is 5.69 Å². The Hall–Kier alpha value is -3.26. The van der Waals surface area contributed by atoms with Gasteiger partial charge in [0.25, 0.3) is 5.91 Å². The Balaban J connectivity index is 2.07. The summed E-state index contributed by atoms with van der Waals surface area (Å²) < 4.78 is 7.58. The van der Waals surface area contributed by atoms with Crippen LogP contribution < -0.4 is 10.1 Å². The summed E-state index contributed by atoms with van der Waals surface area (Å²) in [4.78, 5) is 13.0. The monoisotopic (exact) mass is 347 g/mol. The maximum Gasteiger partial charge on any atom is 0.272 e. The fourth-order valence-electron chi connectivity index (χ4n) is 3.25. The van der Waals surface area contributed by atoms with Crippen LogP contribution in [0, 0.1) is 18.3 Å². The van der Waals surface area contributed by atoms with Crippen LogP contribution in [0.2, 0.25) is 0 Å². The van der Waals surface area contributed by atoms with E-state index in [1.54, 1.807) is 24.3 Å². The molecule has 5 nitrogen and oxygen atoms in total. The molecule has 1 amide bonds. The molecule has 0 bridgehead atoms. The summed E-state index contributed by atoms with van der Waals surface area (Å²) in [5.74, 6) is 0.569. The molecule has 0 atom stereocenters. The van der Waals surface area contributed by atoms with Crippen LogP contribution in [-0.4, -0.2) is 17.1 Å². The molecule has 0 fully saturated rings. The van der Waals surface area contributed by atoms with Crippen molar-refractivity contribution in [2.75, 3.05) is 11.9 Å². The number of fused-ring (bicyclic) bond motifs is 1. The summed E-state index contributed by atoms with van der Waals surface area (Å²) >= 11 is 0. The largest absolute Gasteiger partial charge is 0.494 e. The van der Waals surface area contributed by atoms with Gasteiger partial charge in [0.15, 0.2) is 0 Å². The van der Waals surface area contributed by atoms with E-state index in [1.807, 2.05) is 43.5 Å². The van der Waals surface area contributed by atoms with Gasteiger partial charge in [-0.3, -0.25) is 4.79 Å². The highest BCUT2D eigenvalue weighted by Crippen LogP contribution is 2.30. The van der Waals surface area contributed by atoms with Crippen LogP contribution in [0.1, 0.15) is 35.5 Å². The smallest absolute Gasteiger partial charge is 0.272 e. The molecular weight excluding hydrogens is 326 g/mol. The molecule has 5 heteroatoms. The Bertz CT molecular complexity index is 1010. The summed E-state index contributed by atoms with van der Waals surface area (Å²) in [6, 6.07) is 15.0. The lowest BCUT2D eigenvalue weighted by Crippen LogP contribution is -2.18. The highest BCUT2D eigenvalue weighted by Gasteiger charge is 2.20. The maximum atomic E-state index is 13.0. The molecule has 0 aliphatic heterocycles. The molecule has 132 valence electrons. The van der Waals surface area contributed by atoms with Gasteiger partial charge in [-0.05, 0) is 56.7 Å². The Morgan fingerprint density at radius 1 is 1.23 bits per heavy atom. The van der Waals surface area contributed by atoms with Crippen LogP contribution in [0.5, 0.6) is 5.75 Å². The lowest BCUT2D eigenvalue weighted by atomic mass is 10.1. The molecule has 2 aromatic carbocycles. The quantitative estimate of drug-likeness (QED) is 0.739. The Morgan fingerprint density at radius 3 is 2.69 bits per heavy atom. The SMILES string of the molecule is CCOc1ccc2c(c1)c(C)c(C(=O)Nc1ccccc1C#N)n2CC. The molecule has 0 aliphatic carbocycles. The first kappa shape index (κ1) is 17.6. The molecule has 1 aromatic heterocycles. The number of carbonyl (C=O) groups excluding carboxylic acids is 1. The predicted octanol–water partition coefficient (Wildman–Crippen LogP) is 4.49. The van der Waals surface area contributed by atoms with Crippen molar-refractivity contribution in [3.63, 3.8) is 0 Å². The molecule has 0 unspecified atom stereocenters. The zero-order chi connectivity index (χ0) is 18.7. The van der Waals surface area contributed by atoms with E-state index in [2.05, 4.69) is 11.4 Å². The highest BCUT2D eigenvalue weighted by atomic mass is 16.5. The van der Waals surface area contributed by atoms with Crippen molar-refractivity contribution >= 4 is 22.5 Å². The van der Waals surface area contributed by atoms with E-state index >= 15 is 0 Å². The van der Waals surface area contributed by atoms with Crippen LogP contribution in [-0.2, 0) is 6.54 Å². The molecule has 0 radical (unpaired) electrons. The summed E-state index contributed by atoms with van der Waals surface area (Å²) in [5, 5.41) is 13.1. The van der Waals surface area contributed by atoms with E-state index < -0.39 is 0 Å². The fourth-order valence-corrected chi connectivity index (χ4v) is 3.25. The third-order valence-corrected chi connectivity index (χ3v) is 4.43. The molecular formula is C21H21N3O2. The number of nitriles is 1. The van der Waals surface area contributed by atoms with Gasteiger partial charge in [-0.25, -0.2) is 0 Å².